The minimum absolute atomic E-state index is 0.0572. The second-order valence-corrected chi connectivity index (χ2v) is 8.95. The van der Waals surface area contributed by atoms with Gasteiger partial charge in [-0.3, -0.25) is 10.1 Å². The van der Waals surface area contributed by atoms with Gasteiger partial charge in [0, 0.05) is 57.5 Å². The lowest BCUT2D eigenvalue weighted by Gasteiger charge is -2.35. The third-order valence-electron chi connectivity index (χ3n) is 5.25. The van der Waals surface area contributed by atoms with E-state index in [9.17, 15) is 18.5 Å². The van der Waals surface area contributed by atoms with Crippen LogP contribution < -0.4 is 9.80 Å². The molecule has 0 spiro atoms. The first-order valence-corrected chi connectivity index (χ1v) is 11.0. The molecule has 1 aromatic carbocycles. The Labute approximate surface area is 174 Å². The molecular weight excluding hydrogens is 412 g/mol. The Morgan fingerprint density at radius 1 is 0.967 bits per heavy atom. The van der Waals surface area contributed by atoms with Crippen LogP contribution >= 0.6 is 0 Å². The summed E-state index contributed by atoms with van der Waals surface area (Å²) in [5.74, 6) is 0.789. The topological polar surface area (TPSA) is 122 Å². The third kappa shape index (κ3) is 4.20. The van der Waals surface area contributed by atoms with Gasteiger partial charge in [0.1, 0.15) is 0 Å². The highest BCUT2D eigenvalue weighted by Gasteiger charge is 2.29. The number of morpholine rings is 1. The van der Waals surface area contributed by atoms with Crippen LogP contribution in [-0.4, -0.2) is 80.3 Å². The van der Waals surface area contributed by atoms with E-state index in [-0.39, 0.29) is 10.6 Å². The van der Waals surface area contributed by atoms with E-state index in [4.69, 9.17) is 4.74 Å². The molecule has 2 aromatic rings. The Morgan fingerprint density at radius 3 is 2.27 bits per heavy atom. The van der Waals surface area contributed by atoms with Crippen LogP contribution in [-0.2, 0) is 14.8 Å². The Morgan fingerprint density at radius 2 is 1.63 bits per heavy atom. The molecule has 11 nitrogen and oxygen atoms in total. The van der Waals surface area contributed by atoms with Crippen LogP contribution in [0.15, 0.2) is 41.4 Å². The molecule has 2 aliphatic heterocycles. The maximum absolute atomic E-state index is 12.9. The minimum atomic E-state index is -3.70. The number of nitro benzene ring substituents is 1. The van der Waals surface area contributed by atoms with E-state index in [1.54, 1.807) is 6.20 Å². The van der Waals surface area contributed by atoms with Gasteiger partial charge in [-0.05, 0) is 12.1 Å². The van der Waals surface area contributed by atoms with Crippen LogP contribution in [0.4, 0.5) is 17.2 Å². The van der Waals surface area contributed by atoms with E-state index < -0.39 is 14.9 Å². The molecule has 0 radical (unpaired) electrons. The highest BCUT2D eigenvalue weighted by Crippen LogP contribution is 2.24. The summed E-state index contributed by atoms with van der Waals surface area (Å²) in [5.41, 5.74) is 0.763. The summed E-state index contributed by atoms with van der Waals surface area (Å²) in [6.07, 6.45) is 1.68. The lowest BCUT2D eigenvalue weighted by molar-refractivity contribution is -0.384. The second-order valence-electron chi connectivity index (χ2n) is 7.01. The largest absolute Gasteiger partial charge is 0.378 e. The number of non-ortho nitro benzene ring substituents is 1. The van der Waals surface area contributed by atoms with Crippen LogP contribution in [0.1, 0.15) is 0 Å². The quantitative estimate of drug-likeness (QED) is 0.495. The monoisotopic (exact) mass is 434 g/mol. The zero-order chi connectivity index (χ0) is 21.1. The number of rotatable bonds is 5. The number of sulfonamides is 1. The predicted molar refractivity (Wildman–Crippen MR) is 109 cm³/mol. The number of ether oxygens (including phenoxy) is 1. The fourth-order valence-electron chi connectivity index (χ4n) is 3.54. The molecular formula is C18H22N6O5S. The molecule has 160 valence electrons. The fraction of sp³-hybridized carbons (Fsp3) is 0.444. The van der Waals surface area contributed by atoms with Crippen molar-refractivity contribution < 1.29 is 18.1 Å². The Balaban J connectivity index is 1.42. The van der Waals surface area contributed by atoms with Gasteiger partial charge in [0.05, 0.1) is 34.9 Å². The van der Waals surface area contributed by atoms with Crippen molar-refractivity contribution in [2.75, 3.05) is 62.3 Å². The molecule has 0 saturated carbocycles. The Bertz CT molecular complexity index is 1000. The van der Waals surface area contributed by atoms with Crippen molar-refractivity contribution in [3.63, 3.8) is 0 Å². The molecule has 12 heteroatoms. The second kappa shape index (κ2) is 8.50. The first-order chi connectivity index (χ1) is 14.4. The van der Waals surface area contributed by atoms with Crippen LogP contribution in [0.25, 0.3) is 0 Å². The minimum Gasteiger partial charge on any atom is -0.378 e. The summed E-state index contributed by atoms with van der Waals surface area (Å²) >= 11 is 0. The summed E-state index contributed by atoms with van der Waals surface area (Å²) < 4.78 is 32.5. The van der Waals surface area contributed by atoms with Gasteiger partial charge < -0.3 is 14.5 Å². The van der Waals surface area contributed by atoms with E-state index >= 15 is 0 Å². The highest BCUT2D eigenvalue weighted by molar-refractivity contribution is 7.89. The number of nitrogens with zero attached hydrogens (tertiary/aromatic N) is 6. The Hall–Kier alpha value is -2.83. The molecule has 2 aliphatic rings. The molecule has 0 bridgehead atoms. The molecule has 2 fully saturated rings. The lowest BCUT2D eigenvalue weighted by atomic mass is 10.3. The van der Waals surface area contributed by atoms with E-state index in [1.807, 2.05) is 6.07 Å². The van der Waals surface area contributed by atoms with Crippen molar-refractivity contribution in [3.05, 3.63) is 46.6 Å². The molecule has 2 saturated heterocycles. The summed E-state index contributed by atoms with van der Waals surface area (Å²) in [7, 11) is -3.70. The van der Waals surface area contributed by atoms with Gasteiger partial charge in [-0.15, -0.1) is 5.10 Å². The smallest absolute Gasteiger partial charge is 0.269 e. The molecule has 0 atom stereocenters. The van der Waals surface area contributed by atoms with Crippen LogP contribution in [0.2, 0.25) is 0 Å². The standard InChI is InChI=1S/C18H22N6O5S/c25-24(26)15-1-3-17(4-2-15)30(27,28)23-7-5-21(6-8-23)16-13-18(20-19-14-16)22-9-11-29-12-10-22/h1-4,13-14H,5-12H2. The van der Waals surface area contributed by atoms with E-state index in [1.165, 1.54) is 28.6 Å². The highest BCUT2D eigenvalue weighted by atomic mass is 32.2. The summed E-state index contributed by atoms with van der Waals surface area (Å²) in [6, 6.07) is 6.94. The van der Waals surface area contributed by atoms with Gasteiger partial charge >= 0.3 is 0 Å². The summed E-state index contributed by atoms with van der Waals surface area (Å²) in [6.45, 7) is 4.50. The van der Waals surface area contributed by atoms with Crippen molar-refractivity contribution in [2.24, 2.45) is 0 Å². The van der Waals surface area contributed by atoms with Crippen LogP contribution in [0.5, 0.6) is 0 Å². The number of aromatic nitrogens is 2. The number of hydrogen-bond donors (Lipinski definition) is 0. The molecule has 0 N–H and O–H groups in total. The van der Waals surface area contributed by atoms with Gasteiger partial charge in [-0.25, -0.2) is 8.42 Å². The first kappa shape index (κ1) is 20.4. The zero-order valence-corrected chi connectivity index (χ0v) is 17.1. The van der Waals surface area contributed by atoms with Crippen LogP contribution in [0, 0.1) is 10.1 Å². The number of benzene rings is 1. The SMILES string of the molecule is O=[N+]([O-])c1ccc(S(=O)(=O)N2CCN(c3cnnc(N4CCOCC4)c3)CC2)cc1. The number of nitro groups is 1. The van der Waals surface area contributed by atoms with E-state index in [0.29, 0.717) is 39.4 Å². The Kier molecular flexibility index (Phi) is 5.79. The number of piperazine rings is 1. The average molecular weight is 434 g/mol. The van der Waals surface area contributed by atoms with Gasteiger partial charge in [-0.2, -0.15) is 9.40 Å². The summed E-state index contributed by atoms with van der Waals surface area (Å²) in [4.78, 5) is 14.5. The van der Waals surface area contributed by atoms with Gasteiger partial charge in [0.25, 0.3) is 5.69 Å². The van der Waals surface area contributed by atoms with E-state index in [0.717, 1.165) is 24.6 Å². The maximum Gasteiger partial charge on any atom is 0.269 e. The molecule has 30 heavy (non-hydrogen) atoms. The van der Waals surface area contributed by atoms with Crippen molar-refractivity contribution in [1.82, 2.24) is 14.5 Å². The molecule has 0 unspecified atom stereocenters. The van der Waals surface area contributed by atoms with Crippen molar-refractivity contribution in [2.45, 2.75) is 4.90 Å². The summed E-state index contributed by atoms with van der Waals surface area (Å²) in [5, 5.41) is 19.1. The first-order valence-electron chi connectivity index (χ1n) is 9.60. The third-order valence-corrected chi connectivity index (χ3v) is 7.16. The van der Waals surface area contributed by atoms with Crippen LogP contribution in [0.3, 0.4) is 0 Å². The van der Waals surface area contributed by atoms with Crippen molar-refractivity contribution >= 4 is 27.2 Å². The average Bonchev–Trinajstić information content (AvgIpc) is 2.80. The fourth-order valence-corrected chi connectivity index (χ4v) is 4.96. The number of anilines is 2. The molecule has 3 heterocycles. The lowest BCUT2D eigenvalue weighted by Crippen LogP contribution is -2.48. The predicted octanol–water partition coefficient (Wildman–Crippen LogP) is 0.732. The molecule has 0 amide bonds. The van der Waals surface area contributed by atoms with Crippen molar-refractivity contribution in [1.29, 1.82) is 0 Å². The molecule has 4 rings (SSSR count). The van der Waals surface area contributed by atoms with Gasteiger partial charge in [-0.1, -0.05) is 0 Å². The van der Waals surface area contributed by atoms with Crippen molar-refractivity contribution in [3.8, 4) is 0 Å². The number of hydrogen-bond acceptors (Lipinski definition) is 9. The maximum atomic E-state index is 12.9. The van der Waals surface area contributed by atoms with Gasteiger partial charge in [0.15, 0.2) is 5.82 Å². The molecule has 0 aliphatic carbocycles. The zero-order valence-electron chi connectivity index (χ0n) is 16.3. The van der Waals surface area contributed by atoms with Gasteiger partial charge in [0.2, 0.25) is 10.0 Å². The molecule has 1 aromatic heterocycles. The van der Waals surface area contributed by atoms with E-state index in [2.05, 4.69) is 20.0 Å². The normalized spacial score (nSPS) is 18.4.